The lowest BCUT2D eigenvalue weighted by molar-refractivity contribution is 0.0943. The predicted octanol–water partition coefficient (Wildman–Crippen LogP) is 3.70. The normalized spacial score (nSPS) is 12.9. The van der Waals surface area contributed by atoms with Gasteiger partial charge < -0.3 is 4.57 Å². The van der Waals surface area contributed by atoms with Crippen molar-refractivity contribution in [3.8, 4) is 0 Å². The van der Waals surface area contributed by atoms with Gasteiger partial charge in [0.05, 0.1) is 0 Å². The summed E-state index contributed by atoms with van der Waals surface area (Å²) in [6.07, 6.45) is 0. The van der Waals surface area contributed by atoms with Crippen LogP contribution in [0.5, 0.6) is 0 Å². The molecule has 2 aromatic rings. The molecular weight excluding hydrogens is 278 g/mol. The number of hydrogen-bond acceptors (Lipinski definition) is 1. The molecule has 0 amide bonds. The lowest BCUT2D eigenvalue weighted by Crippen LogP contribution is -2.13. The largest absolute Gasteiger partial charge is 0.347 e. The quantitative estimate of drug-likeness (QED) is 0.625. The van der Waals surface area contributed by atoms with Crippen LogP contribution in [0.3, 0.4) is 0 Å². The van der Waals surface area contributed by atoms with E-state index in [2.05, 4.69) is 26.6 Å². The summed E-state index contributed by atoms with van der Waals surface area (Å²) in [6.45, 7) is 3.96. The molecule has 90 valence electrons. The van der Waals surface area contributed by atoms with Gasteiger partial charge in [-0.25, -0.2) is 0 Å². The smallest absolute Gasteiger partial charge is 0.168 e. The van der Waals surface area contributed by atoms with E-state index in [0.29, 0.717) is 5.33 Å². The minimum atomic E-state index is 0.0134. The number of nitrogens with zero attached hydrogens (tertiary/aromatic N) is 1. The highest BCUT2D eigenvalue weighted by molar-refractivity contribution is 9.09. The van der Waals surface area contributed by atoms with Crippen molar-refractivity contribution in [2.45, 2.75) is 13.8 Å². The zero-order valence-corrected chi connectivity index (χ0v) is 11.9. The number of halogens is 1. The molecule has 1 aromatic heterocycles. The Bertz CT molecular complexity index is 571. The molecule has 2 nitrogen and oxygen atoms in total. The van der Waals surface area contributed by atoms with Gasteiger partial charge in [0.15, 0.2) is 5.78 Å². The average Bonchev–Trinajstić information content (AvgIpc) is 2.61. The number of carbonyl (C=O) groups is 1. The Balaban J connectivity index is 2.69. The maximum Gasteiger partial charge on any atom is 0.168 e. The molecule has 1 atom stereocenters. The number of Topliss-reactive ketones (excluding diaryl/α,β-unsaturated/α-hetero) is 1. The number of carbonyl (C=O) groups excluding carboxylic acids is 1. The summed E-state index contributed by atoms with van der Waals surface area (Å²) in [5.74, 6) is 0.232. The molecule has 0 bridgehead atoms. The fraction of sp³-hybridized carbons (Fsp3) is 0.357. The summed E-state index contributed by atoms with van der Waals surface area (Å²) in [5, 5.41) is 1.76. The summed E-state index contributed by atoms with van der Waals surface area (Å²) in [6, 6.07) is 8.07. The SMILES string of the molecule is Cc1c(C(=O)[C@@H](C)CBr)c2ccccc2n1C. The standard InChI is InChI=1S/C14H16BrNO/c1-9(8-15)14(17)13-10(2)16(3)12-7-5-4-6-11(12)13/h4-7,9H,8H2,1-3H3/t9-/m0/s1. The number of ketones is 1. The predicted molar refractivity (Wildman–Crippen MR) is 74.9 cm³/mol. The van der Waals surface area contributed by atoms with Crippen LogP contribution < -0.4 is 0 Å². The molecule has 0 saturated carbocycles. The molecule has 0 aliphatic carbocycles. The molecule has 0 unspecified atom stereocenters. The molecule has 17 heavy (non-hydrogen) atoms. The Kier molecular flexibility index (Phi) is 3.38. The molecule has 0 N–H and O–H groups in total. The summed E-state index contributed by atoms with van der Waals surface area (Å²) < 4.78 is 2.09. The van der Waals surface area contributed by atoms with Crippen LogP contribution in [0, 0.1) is 12.8 Å². The summed E-state index contributed by atoms with van der Waals surface area (Å²) in [7, 11) is 2.01. The van der Waals surface area contributed by atoms with Crippen molar-refractivity contribution in [1.82, 2.24) is 4.57 Å². The Hall–Kier alpha value is -1.09. The van der Waals surface area contributed by atoms with E-state index in [9.17, 15) is 4.79 Å². The van der Waals surface area contributed by atoms with Gasteiger partial charge in [-0.05, 0) is 13.0 Å². The second kappa shape index (κ2) is 4.65. The maximum absolute atomic E-state index is 12.4. The van der Waals surface area contributed by atoms with E-state index in [1.165, 1.54) is 0 Å². The van der Waals surface area contributed by atoms with Crippen molar-refractivity contribution in [2.24, 2.45) is 13.0 Å². The van der Waals surface area contributed by atoms with Gasteiger partial charge in [0.25, 0.3) is 0 Å². The molecule has 0 radical (unpaired) electrons. The van der Waals surface area contributed by atoms with Gasteiger partial charge in [0, 0.05) is 40.5 Å². The van der Waals surface area contributed by atoms with Gasteiger partial charge in [0.2, 0.25) is 0 Å². The number of alkyl halides is 1. The van der Waals surface area contributed by atoms with Crippen molar-refractivity contribution in [3.05, 3.63) is 35.5 Å². The zero-order valence-electron chi connectivity index (χ0n) is 10.3. The summed E-state index contributed by atoms with van der Waals surface area (Å²) >= 11 is 3.38. The van der Waals surface area contributed by atoms with E-state index in [1.54, 1.807) is 0 Å². The van der Waals surface area contributed by atoms with E-state index < -0.39 is 0 Å². The van der Waals surface area contributed by atoms with Crippen LogP contribution >= 0.6 is 15.9 Å². The highest BCUT2D eigenvalue weighted by atomic mass is 79.9. The average molecular weight is 294 g/mol. The zero-order chi connectivity index (χ0) is 12.6. The number of fused-ring (bicyclic) bond motifs is 1. The lowest BCUT2D eigenvalue weighted by Gasteiger charge is -2.07. The Morgan fingerprint density at radius 1 is 1.41 bits per heavy atom. The van der Waals surface area contributed by atoms with E-state index in [4.69, 9.17) is 0 Å². The first kappa shape index (κ1) is 12.4. The number of aryl methyl sites for hydroxylation is 1. The molecule has 1 aromatic carbocycles. The Morgan fingerprint density at radius 3 is 2.71 bits per heavy atom. The summed E-state index contributed by atoms with van der Waals surface area (Å²) in [5.41, 5.74) is 3.04. The van der Waals surface area contributed by atoms with Gasteiger partial charge in [-0.3, -0.25) is 4.79 Å². The summed E-state index contributed by atoms with van der Waals surface area (Å²) in [4.78, 5) is 12.4. The van der Waals surface area contributed by atoms with Crippen molar-refractivity contribution >= 4 is 32.6 Å². The lowest BCUT2D eigenvalue weighted by atomic mass is 9.98. The molecule has 0 saturated heterocycles. The van der Waals surface area contributed by atoms with Gasteiger partial charge in [-0.2, -0.15) is 0 Å². The highest BCUT2D eigenvalue weighted by Crippen LogP contribution is 2.27. The van der Waals surface area contributed by atoms with Crippen LogP contribution in [0.2, 0.25) is 0 Å². The molecule has 3 heteroatoms. The topological polar surface area (TPSA) is 22.0 Å². The highest BCUT2D eigenvalue weighted by Gasteiger charge is 2.21. The number of para-hydroxylation sites is 1. The second-order valence-electron chi connectivity index (χ2n) is 4.46. The molecule has 0 aliphatic rings. The Morgan fingerprint density at radius 2 is 2.06 bits per heavy atom. The second-order valence-corrected chi connectivity index (χ2v) is 5.10. The Labute approximate surface area is 110 Å². The molecule has 0 aliphatic heterocycles. The van der Waals surface area contributed by atoms with Crippen LogP contribution in [0.15, 0.2) is 24.3 Å². The monoisotopic (exact) mass is 293 g/mol. The number of aromatic nitrogens is 1. The third kappa shape index (κ3) is 1.93. The molecule has 0 fully saturated rings. The van der Waals surface area contributed by atoms with Crippen molar-refractivity contribution in [1.29, 1.82) is 0 Å². The minimum absolute atomic E-state index is 0.0134. The van der Waals surface area contributed by atoms with Gasteiger partial charge in [0.1, 0.15) is 0 Å². The van der Waals surface area contributed by atoms with Crippen LogP contribution in [-0.4, -0.2) is 15.7 Å². The molecule has 2 rings (SSSR count). The third-order valence-corrected chi connectivity index (χ3v) is 4.30. The van der Waals surface area contributed by atoms with Crippen LogP contribution in [0.25, 0.3) is 10.9 Å². The molecule has 1 heterocycles. The molecule has 0 spiro atoms. The van der Waals surface area contributed by atoms with E-state index in [1.807, 2.05) is 39.1 Å². The fourth-order valence-electron chi connectivity index (χ4n) is 2.15. The maximum atomic E-state index is 12.4. The van der Waals surface area contributed by atoms with Crippen LogP contribution in [-0.2, 0) is 7.05 Å². The first-order chi connectivity index (χ1) is 8.07. The number of hydrogen-bond donors (Lipinski definition) is 0. The number of rotatable bonds is 3. The van der Waals surface area contributed by atoms with Gasteiger partial charge in [-0.1, -0.05) is 41.1 Å². The van der Waals surface area contributed by atoms with Crippen LogP contribution in [0.1, 0.15) is 23.0 Å². The van der Waals surface area contributed by atoms with Gasteiger partial charge >= 0.3 is 0 Å². The first-order valence-electron chi connectivity index (χ1n) is 5.72. The number of benzene rings is 1. The minimum Gasteiger partial charge on any atom is -0.347 e. The van der Waals surface area contributed by atoms with E-state index in [0.717, 1.165) is 22.2 Å². The van der Waals surface area contributed by atoms with Gasteiger partial charge in [-0.15, -0.1) is 0 Å². The molecular formula is C14H16BrNO. The van der Waals surface area contributed by atoms with Crippen molar-refractivity contribution < 1.29 is 4.79 Å². The van der Waals surface area contributed by atoms with E-state index >= 15 is 0 Å². The van der Waals surface area contributed by atoms with Crippen molar-refractivity contribution in [3.63, 3.8) is 0 Å². The third-order valence-electron chi connectivity index (χ3n) is 3.33. The fourth-order valence-corrected chi connectivity index (χ4v) is 2.44. The van der Waals surface area contributed by atoms with E-state index in [-0.39, 0.29) is 11.7 Å². The van der Waals surface area contributed by atoms with Crippen LogP contribution in [0.4, 0.5) is 0 Å². The first-order valence-corrected chi connectivity index (χ1v) is 6.84. The van der Waals surface area contributed by atoms with Crippen molar-refractivity contribution in [2.75, 3.05) is 5.33 Å².